The summed E-state index contributed by atoms with van der Waals surface area (Å²) in [6.07, 6.45) is 63.3. The van der Waals surface area contributed by atoms with Gasteiger partial charge in [0.2, 0.25) is 5.91 Å². The standard InChI is InChI=1S/C52H101NO3/c1-3-5-7-9-11-13-15-17-19-20-21-22-23-24-25-26-27-28-29-30-31-32-33-34-35-37-39-41-43-45-47-51(55)50(49-54)53-52(56)48-46-44-42-40-38-36-18-16-14-12-10-8-6-4-2/h16,18,45,47,50-51,54-55H,3-15,17,19-44,46,48-49H2,1-2H3,(H,53,56)/b18-16-,47-45+. The molecule has 0 fully saturated rings. The van der Waals surface area contributed by atoms with E-state index in [0.717, 1.165) is 32.1 Å². The largest absolute Gasteiger partial charge is 0.394 e. The van der Waals surface area contributed by atoms with E-state index < -0.39 is 12.1 Å². The minimum Gasteiger partial charge on any atom is -0.394 e. The Bertz CT molecular complexity index is 810. The van der Waals surface area contributed by atoms with Crippen LogP contribution >= 0.6 is 0 Å². The summed E-state index contributed by atoms with van der Waals surface area (Å²) in [4.78, 5) is 12.4. The fourth-order valence-corrected chi connectivity index (χ4v) is 8.00. The maximum Gasteiger partial charge on any atom is 0.220 e. The van der Waals surface area contributed by atoms with Gasteiger partial charge >= 0.3 is 0 Å². The Morgan fingerprint density at radius 1 is 0.411 bits per heavy atom. The molecule has 2 atom stereocenters. The number of nitrogens with one attached hydrogen (secondary N) is 1. The summed E-state index contributed by atoms with van der Waals surface area (Å²) in [5.74, 6) is -0.0703. The summed E-state index contributed by atoms with van der Waals surface area (Å²) in [6.45, 7) is 4.32. The highest BCUT2D eigenvalue weighted by Crippen LogP contribution is 2.17. The minimum absolute atomic E-state index is 0.0703. The number of carbonyl (C=O) groups is 1. The minimum atomic E-state index is -0.841. The van der Waals surface area contributed by atoms with Crippen LogP contribution in [0.25, 0.3) is 0 Å². The second-order valence-electron chi connectivity index (χ2n) is 17.6. The van der Waals surface area contributed by atoms with Crippen LogP contribution in [0.2, 0.25) is 0 Å². The molecule has 0 aliphatic heterocycles. The highest BCUT2D eigenvalue weighted by Gasteiger charge is 2.18. The topological polar surface area (TPSA) is 69.6 Å². The van der Waals surface area contributed by atoms with Gasteiger partial charge in [0.15, 0.2) is 0 Å². The molecule has 0 aromatic carbocycles. The highest BCUT2D eigenvalue weighted by atomic mass is 16.3. The summed E-state index contributed by atoms with van der Waals surface area (Å²) < 4.78 is 0. The van der Waals surface area contributed by atoms with Crippen LogP contribution < -0.4 is 5.32 Å². The molecule has 0 heterocycles. The summed E-state index contributed by atoms with van der Waals surface area (Å²) in [6, 6.07) is -0.624. The van der Waals surface area contributed by atoms with Gasteiger partial charge in [-0.15, -0.1) is 0 Å². The molecule has 0 aliphatic rings. The number of unbranched alkanes of at least 4 members (excludes halogenated alkanes) is 38. The van der Waals surface area contributed by atoms with Crippen molar-refractivity contribution in [1.82, 2.24) is 5.32 Å². The molecule has 0 aromatic heterocycles. The highest BCUT2D eigenvalue weighted by molar-refractivity contribution is 5.76. The molecule has 332 valence electrons. The van der Waals surface area contributed by atoms with E-state index in [1.807, 2.05) is 6.08 Å². The van der Waals surface area contributed by atoms with Crippen molar-refractivity contribution in [2.45, 2.75) is 296 Å². The molecule has 0 bridgehead atoms. The fourth-order valence-electron chi connectivity index (χ4n) is 8.00. The second kappa shape index (κ2) is 48.2. The third-order valence-electron chi connectivity index (χ3n) is 11.9. The Morgan fingerprint density at radius 2 is 0.679 bits per heavy atom. The molecule has 0 saturated carbocycles. The summed E-state index contributed by atoms with van der Waals surface area (Å²) in [5, 5.41) is 23.1. The summed E-state index contributed by atoms with van der Waals surface area (Å²) in [7, 11) is 0. The lowest BCUT2D eigenvalue weighted by Gasteiger charge is -2.20. The molecular weight excluding hydrogens is 687 g/mol. The van der Waals surface area contributed by atoms with E-state index in [9.17, 15) is 15.0 Å². The van der Waals surface area contributed by atoms with E-state index in [2.05, 4.69) is 31.3 Å². The van der Waals surface area contributed by atoms with Gasteiger partial charge in [0, 0.05) is 6.42 Å². The smallest absolute Gasteiger partial charge is 0.220 e. The first-order valence-electron chi connectivity index (χ1n) is 25.6. The molecule has 3 N–H and O–H groups in total. The number of carbonyl (C=O) groups excluding carboxylic acids is 1. The zero-order valence-electron chi connectivity index (χ0n) is 38.2. The molecule has 0 spiro atoms. The van der Waals surface area contributed by atoms with Crippen molar-refractivity contribution in [3.8, 4) is 0 Å². The van der Waals surface area contributed by atoms with Gasteiger partial charge in [-0.25, -0.2) is 0 Å². The third kappa shape index (κ3) is 44.0. The van der Waals surface area contributed by atoms with Gasteiger partial charge in [-0.2, -0.15) is 0 Å². The average molecular weight is 788 g/mol. The van der Waals surface area contributed by atoms with Crippen molar-refractivity contribution in [2.75, 3.05) is 6.61 Å². The number of aliphatic hydroxyl groups excluding tert-OH is 2. The lowest BCUT2D eigenvalue weighted by Crippen LogP contribution is -2.45. The van der Waals surface area contributed by atoms with Crippen molar-refractivity contribution in [3.05, 3.63) is 24.3 Å². The lowest BCUT2D eigenvalue weighted by molar-refractivity contribution is -0.123. The predicted molar refractivity (Wildman–Crippen MR) is 249 cm³/mol. The molecular formula is C52H101NO3. The Balaban J connectivity index is 3.45. The SMILES string of the molecule is CCCCCCC/C=C\CCCCCCCC(=O)NC(CO)C(O)/C=C/CCCCCCCCCCCCCCCCCCCCCCCCCCCCCC. The number of hydrogen-bond acceptors (Lipinski definition) is 3. The summed E-state index contributed by atoms with van der Waals surface area (Å²) >= 11 is 0. The molecule has 56 heavy (non-hydrogen) atoms. The fraction of sp³-hybridized carbons (Fsp3) is 0.904. The van der Waals surface area contributed by atoms with Crippen molar-refractivity contribution < 1.29 is 15.0 Å². The van der Waals surface area contributed by atoms with Crippen molar-refractivity contribution in [3.63, 3.8) is 0 Å². The van der Waals surface area contributed by atoms with Gasteiger partial charge in [0.1, 0.15) is 0 Å². The Morgan fingerprint density at radius 3 is 0.982 bits per heavy atom. The van der Waals surface area contributed by atoms with Crippen LogP contribution in [0.4, 0.5) is 0 Å². The van der Waals surface area contributed by atoms with Crippen LogP contribution in [0.3, 0.4) is 0 Å². The van der Waals surface area contributed by atoms with E-state index in [-0.39, 0.29) is 12.5 Å². The maximum atomic E-state index is 12.4. The second-order valence-corrected chi connectivity index (χ2v) is 17.6. The monoisotopic (exact) mass is 788 g/mol. The number of hydrogen-bond donors (Lipinski definition) is 3. The zero-order chi connectivity index (χ0) is 40.7. The van der Waals surface area contributed by atoms with Crippen LogP contribution in [-0.4, -0.2) is 34.9 Å². The van der Waals surface area contributed by atoms with Gasteiger partial charge in [0.25, 0.3) is 0 Å². The van der Waals surface area contributed by atoms with Crippen LogP contribution in [-0.2, 0) is 4.79 Å². The molecule has 0 aliphatic carbocycles. The van der Waals surface area contributed by atoms with Crippen molar-refractivity contribution >= 4 is 5.91 Å². The molecule has 0 radical (unpaired) electrons. The Hall–Kier alpha value is -1.13. The van der Waals surface area contributed by atoms with Gasteiger partial charge in [-0.05, 0) is 44.9 Å². The first kappa shape index (κ1) is 54.9. The number of allylic oxidation sites excluding steroid dienone is 3. The Labute approximate surface area is 351 Å². The van der Waals surface area contributed by atoms with E-state index in [1.54, 1.807) is 6.08 Å². The number of aliphatic hydroxyl groups is 2. The number of amides is 1. The summed E-state index contributed by atoms with van der Waals surface area (Å²) in [5.41, 5.74) is 0. The predicted octanol–water partition coefficient (Wildman–Crippen LogP) is 16.4. The molecule has 1 amide bonds. The van der Waals surface area contributed by atoms with E-state index in [0.29, 0.717) is 6.42 Å². The third-order valence-corrected chi connectivity index (χ3v) is 11.9. The maximum absolute atomic E-state index is 12.4. The normalized spacial score (nSPS) is 13.0. The zero-order valence-corrected chi connectivity index (χ0v) is 38.2. The molecule has 0 rings (SSSR count). The first-order chi connectivity index (χ1) is 27.7. The van der Waals surface area contributed by atoms with Gasteiger partial charge < -0.3 is 15.5 Å². The molecule has 0 saturated heterocycles. The van der Waals surface area contributed by atoms with Crippen LogP contribution in [0, 0.1) is 0 Å². The van der Waals surface area contributed by atoms with Gasteiger partial charge in [-0.3, -0.25) is 4.79 Å². The van der Waals surface area contributed by atoms with Crippen LogP contribution in [0.5, 0.6) is 0 Å². The lowest BCUT2D eigenvalue weighted by atomic mass is 10.0. The van der Waals surface area contributed by atoms with Crippen LogP contribution in [0.1, 0.15) is 284 Å². The van der Waals surface area contributed by atoms with E-state index >= 15 is 0 Å². The van der Waals surface area contributed by atoms with Crippen molar-refractivity contribution in [1.29, 1.82) is 0 Å². The molecule has 4 heteroatoms. The molecule has 4 nitrogen and oxygen atoms in total. The quantitative estimate of drug-likeness (QED) is 0.0425. The van der Waals surface area contributed by atoms with Gasteiger partial charge in [0.05, 0.1) is 18.8 Å². The average Bonchev–Trinajstić information content (AvgIpc) is 3.20. The number of rotatable bonds is 47. The molecule has 2 unspecified atom stereocenters. The van der Waals surface area contributed by atoms with Crippen LogP contribution in [0.15, 0.2) is 24.3 Å². The van der Waals surface area contributed by atoms with E-state index in [4.69, 9.17) is 0 Å². The van der Waals surface area contributed by atoms with Gasteiger partial charge in [-0.1, -0.05) is 256 Å². The Kier molecular flexibility index (Phi) is 47.3. The van der Waals surface area contributed by atoms with Crippen molar-refractivity contribution in [2.24, 2.45) is 0 Å². The molecule has 0 aromatic rings. The van der Waals surface area contributed by atoms with E-state index in [1.165, 1.54) is 231 Å². The first-order valence-corrected chi connectivity index (χ1v) is 25.6.